The Morgan fingerprint density at radius 2 is 1.92 bits per heavy atom. The van der Waals surface area contributed by atoms with Crippen molar-refractivity contribution in [3.8, 4) is 0 Å². The van der Waals surface area contributed by atoms with Gasteiger partial charge in [0, 0.05) is 32.6 Å². The molecule has 0 N–H and O–H groups in total. The zero-order chi connectivity index (χ0) is 17.3. The zero-order valence-electron chi connectivity index (χ0n) is 14.7. The molecule has 2 fully saturated rings. The lowest BCUT2D eigenvalue weighted by molar-refractivity contribution is -0.126. The number of amides is 1. The predicted octanol–water partition coefficient (Wildman–Crippen LogP) is 2.70. The van der Waals surface area contributed by atoms with E-state index in [2.05, 4.69) is 17.0 Å². The summed E-state index contributed by atoms with van der Waals surface area (Å²) < 4.78 is 5.53. The molecule has 1 aromatic carbocycles. The van der Waals surface area contributed by atoms with Gasteiger partial charge in [0.25, 0.3) is 0 Å². The molecule has 2 heterocycles. The Balaban J connectivity index is 1.70. The van der Waals surface area contributed by atoms with Crippen LogP contribution in [0, 0.1) is 5.92 Å². The van der Waals surface area contributed by atoms with E-state index < -0.39 is 5.60 Å². The Kier molecular flexibility index (Phi) is 4.63. The molecule has 2 aliphatic rings. The quantitative estimate of drug-likeness (QED) is 0.836. The van der Waals surface area contributed by atoms with Gasteiger partial charge < -0.3 is 9.64 Å². The first-order valence-electron chi connectivity index (χ1n) is 8.62. The molecule has 1 amide bonds. The molecule has 2 aliphatic heterocycles. The van der Waals surface area contributed by atoms with Gasteiger partial charge in [-0.3, -0.25) is 9.69 Å². The van der Waals surface area contributed by atoms with Gasteiger partial charge in [-0.2, -0.15) is 0 Å². The van der Waals surface area contributed by atoms with Gasteiger partial charge in [-0.05, 0) is 26.3 Å². The number of ether oxygens (including phenoxy) is 1. The second kappa shape index (κ2) is 6.55. The number of hydrogen-bond acceptors (Lipinski definition) is 4. The molecule has 3 rings (SSSR count). The molecule has 1 aromatic rings. The fourth-order valence-corrected chi connectivity index (χ4v) is 3.60. The third-order valence-corrected chi connectivity index (χ3v) is 4.65. The third kappa shape index (κ3) is 3.78. The number of fused-ring (bicyclic) bond motifs is 1. The van der Waals surface area contributed by atoms with Gasteiger partial charge in [0.1, 0.15) is 11.4 Å². The third-order valence-electron chi connectivity index (χ3n) is 4.65. The minimum atomic E-state index is -0.517. The topological polar surface area (TPSA) is 49.9 Å². The molecule has 130 valence electrons. The summed E-state index contributed by atoms with van der Waals surface area (Å²) in [7, 11) is 0. The van der Waals surface area contributed by atoms with Crippen LogP contribution in [0.3, 0.4) is 0 Å². The van der Waals surface area contributed by atoms with Crippen molar-refractivity contribution in [3.05, 3.63) is 35.9 Å². The Labute approximate surface area is 143 Å². The van der Waals surface area contributed by atoms with Gasteiger partial charge in [0.15, 0.2) is 0 Å². The van der Waals surface area contributed by atoms with Crippen LogP contribution < -0.4 is 0 Å². The maximum absolute atomic E-state index is 12.5. The van der Waals surface area contributed by atoms with Crippen LogP contribution in [0.4, 0.5) is 4.79 Å². The monoisotopic (exact) mass is 330 g/mol. The molecular weight excluding hydrogens is 304 g/mol. The fourth-order valence-electron chi connectivity index (χ4n) is 3.60. The standard InChI is InChI=1S/C19H26N2O3/c1-19(2,3)24-18(23)21-10-9-17(22)15-12-20(13-16(15)21)11-14-7-5-4-6-8-14/h4-8,15-16H,9-13H2,1-3H3. The average Bonchev–Trinajstić information content (AvgIpc) is 2.91. The van der Waals surface area contributed by atoms with Crippen molar-refractivity contribution >= 4 is 11.9 Å². The maximum Gasteiger partial charge on any atom is 0.410 e. The Bertz CT molecular complexity index is 609. The maximum atomic E-state index is 12.5. The molecule has 0 aromatic heterocycles. The van der Waals surface area contributed by atoms with Crippen molar-refractivity contribution in [2.24, 2.45) is 5.92 Å². The van der Waals surface area contributed by atoms with Crippen LogP contribution in [0.1, 0.15) is 32.8 Å². The van der Waals surface area contributed by atoms with Gasteiger partial charge in [-0.15, -0.1) is 0 Å². The first-order chi connectivity index (χ1) is 11.3. The highest BCUT2D eigenvalue weighted by Gasteiger charge is 2.46. The molecule has 0 radical (unpaired) electrons. The number of piperidine rings is 1. The average molecular weight is 330 g/mol. The summed E-state index contributed by atoms with van der Waals surface area (Å²) in [6, 6.07) is 10.2. The van der Waals surface area contributed by atoms with Crippen molar-refractivity contribution < 1.29 is 14.3 Å². The first kappa shape index (κ1) is 17.0. The molecule has 2 unspecified atom stereocenters. The highest BCUT2D eigenvalue weighted by Crippen LogP contribution is 2.30. The van der Waals surface area contributed by atoms with Crippen LogP contribution in [-0.4, -0.2) is 53.0 Å². The van der Waals surface area contributed by atoms with Gasteiger partial charge in [-0.1, -0.05) is 30.3 Å². The number of Topliss-reactive ketones (excluding diaryl/α,β-unsaturated/α-hetero) is 1. The number of carbonyl (C=O) groups is 2. The van der Waals surface area contributed by atoms with E-state index in [0.29, 0.717) is 13.0 Å². The summed E-state index contributed by atoms with van der Waals surface area (Å²) in [6.45, 7) is 8.33. The van der Waals surface area contributed by atoms with Crippen molar-refractivity contribution in [1.82, 2.24) is 9.80 Å². The highest BCUT2D eigenvalue weighted by atomic mass is 16.6. The largest absolute Gasteiger partial charge is 0.444 e. The predicted molar refractivity (Wildman–Crippen MR) is 91.6 cm³/mol. The number of likely N-dealkylation sites (tertiary alicyclic amines) is 2. The summed E-state index contributed by atoms with van der Waals surface area (Å²) in [5.41, 5.74) is 0.712. The number of rotatable bonds is 2. The van der Waals surface area contributed by atoms with Crippen LogP contribution in [0.5, 0.6) is 0 Å². The number of nitrogens with zero attached hydrogens (tertiary/aromatic N) is 2. The fraction of sp³-hybridized carbons (Fsp3) is 0.579. The molecule has 2 atom stereocenters. The van der Waals surface area contributed by atoms with E-state index >= 15 is 0 Å². The van der Waals surface area contributed by atoms with Crippen LogP contribution in [0.15, 0.2) is 30.3 Å². The zero-order valence-corrected chi connectivity index (χ0v) is 14.7. The highest BCUT2D eigenvalue weighted by molar-refractivity contribution is 5.85. The smallest absolute Gasteiger partial charge is 0.410 e. The van der Waals surface area contributed by atoms with E-state index in [4.69, 9.17) is 4.74 Å². The molecule has 0 aliphatic carbocycles. The van der Waals surface area contributed by atoms with Gasteiger partial charge in [-0.25, -0.2) is 4.79 Å². The summed E-state index contributed by atoms with van der Waals surface area (Å²) in [5.74, 6) is 0.186. The van der Waals surface area contributed by atoms with E-state index in [0.717, 1.165) is 19.6 Å². The number of carbonyl (C=O) groups excluding carboxylic acids is 2. The van der Waals surface area contributed by atoms with Crippen molar-refractivity contribution in [1.29, 1.82) is 0 Å². The van der Waals surface area contributed by atoms with Gasteiger partial charge in [0.05, 0.1) is 12.0 Å². The van der Waals surface area contributed by atoms with Crippen molar-refractivity contribution in [2.75, 3.05) is 19.6 Å². The van der Waals surface area contributed by atoms with Crippen molar-refractivity contribution in [3.63, 3.8) is 0 Å². The van der Waals surface area contributed by atoms with Gasteiger partial charge >= 0.3 is 6.09 Å². The number of ketones is 1. The Morgan fingerprint density at radius 1 is 1.21 bits per heavy atom. The van der Waals surface area contributed by atoms with Crippen LogP contribution >= 0.6 is 0 Å². The summed E-state index contributed by atoms with van der Waals surface area (Å²) in [4.78, 5) is 28.9. The Hall–Kier alpha value is -1.88. The van der Waals surface area contributed by atoms with Crippen molar-refractivity contribution in [2.45, 2.75) is 45.4 Å². The second-order valence-electron chi connectivity index (χ2n) is 7.74. The lowest BCUT2D eigenvalue weighted by atomic mass is 9.91. The van der Waals surface area contributed by atoms with E-state index in [1.54, 1.807) is 4.90 Å². The lowest BCUT2D eigenvalue weighted by Gasteiger charge is -2.37. The molecule has 0 spiro atoms. The lowest BCUT2D eigenvalue weighted by Crippen LogP contribution is -2.53. The first-order valence-corrected chi connectivity index (χ1v) is 8.62. The normalized spacial score (nSPS) is 24.8. The molecule has 5 nitrogen and oxygen atoms in total. The SMILES string of the molecule is CC(C)(C)OC(=O)N1CCC(=O)C2CN(Cc3ccccc3)CC21. The minimum Gasteiger partial charge on any atom is -0.444 e. The molecule has 24 heavy (non-hydrogen) atoms. The molecular formula is C19H26N2O3. The summed E-state index contributed by atoms with van der Waals surface area (Å²) in [6.07, 6.45) is 0.131. The number of hydrogen-bond donors (Lipinski definition) is 0. The van der Waals surface area contributed by atoms with E-state index in [1.807, 2.05) is 39.0 Å². The van der Waals surface area contributed by atoms with Crippen LogP contribution in [0.25, 0.3) is 0 Å². The minimum absolute atomic E-state index is 0.0650. The van der Waals surface area contributed by atoms with E-state index in [1.165, 1.54) is 5.56 Å². The molecule has 0 saturated carbocycles. The summed E-state index contributed by atoms with van der Waals surface area (Å²) >= 11 is 0. The van der Waals surface area contributed by atoms with Gasteiger partial charge in [0.2, 0.25) is 0 Å². The van der Waals surface area contributed by atoms with E-state index in [9.17, 15) is 9.59 Å². The molecule has 0 bridgehead atoms. The molecule has 2 saturated heterocycles. The second-order valence-corrected chi connectivity index (χ2v) is 7.74. The van der Waals surface area contributed by atoms with E-state index in [-0.39, 0.29) is 23.8 Å². The number of benzene rings is 1. The summed E-state index contributed by atoms with van der Waals surface area (Å²) in [5, 5.41) is 0. The molecule has 5 heteroatoms. The van der Waals surface area contributed by atoms with Crippen LogP contribution in [-0.2, 0) is 16.1 Å². The Morgan fingerprint density at radius 3 is 2.58 bits per heavy atom. The van der Waals surface area contributed by atoms with Crippen LogP contribution in [0.2, 0.25) is 0 Å².